The first-order valence-electron chi connectivity index (χ1n) is 4.55. The average molecular weight is 274 g/mol. The van der Waals surface area contributed by atoms with Gasteiger partial charge < -0.3 is 9.30 Å². The number of halogens is 1. The quantitative estimate of drug-likeness (QED) is 0.609. The summed E-state index contributed by atoms with van der Waals surface area (Å²) in [6.07, 6.45) is 3.64. The van der Waals surface area contributed by atoms with Crippen LogP contribution >= 0.6 is 15.9 Å². The topological polar surface area (TPSA) is 48.3 Å². The number of hydrogen-bond acceptors (Lipinski definition) is 3. The number of nitrogens with zero attached hydrogens (tertiary/aromatic N) is 1. The van der Waals surface area contributed by atoms with Gasteiger partial charge in [-0.05, 0) is 28.4 Å². The van der Waals surface area contributed by atoms with Crippen LogP contribution in [-0.2, 0) is 16.1 Å². The number of rotatable bonds is 5. The predicted molar refractivity (Wildman–Crippen MR) is 58.8 cm³/mol. The zero-order chi connectivity index (χ0) is 11.3. The number of carbonyl (C=O) groups is 2. The van der Waals surface area contributed by atoms with Crippen LogP contribution in [0.1, 0.15) is 23.3 Å². The molecule has 1 heterocycles. The van der Waals surface area contributed by atoms with E-state index in [1.807, 2.05) is 6.20 Å². The van der Waals surface area contributed by atoms with Crippen molar-refractivity contribution in [1.82, 2.24) is 4.57 Å². The third-order valence-electron chi connectivity index (χ3n) is 2.02. The lowest BCUT2D eigenvalue weighted by atomic mass is 10.3. The third kappa shape index (κ3) is 3.51. The maximum absolute atomic E-state index is 10.9. The molecule has 5 heteroatoms. The van der Waals surface area contributed by atoms with Crippen molar-refractivity contribution < 1.29 is 14.3 Å². The summed E-state index contributed by atoms with van der Waals surface area (Å²) in [5, 5.41) is 0. The summed E-state index contributed by atoms with van der Waals surface area (Å²) in [7, 11) is 1.37. The highest BCUT2D eigenvalue weighted by atomic mass is 79.9. The average Bonchev–Trinajstić information content (AvgIpc) is 2.58. The van der Waals surface area contributed by atoms with Gasteiger partial charge >= 0.3 is 5.97 Å². The summed E-state index contributed by atoms with van der Waals surface area (Å²) in [4.78, 5) is 21.5. The van der Waals surface area contributed by atoms with Crippen LogP contribution in [0.5, 0.6) is 0 Å². The minimum Gasteiger partial charge on any atom is -0.469 e. The first-order valence-corrected chi connectivity index (χ1v) is 5.34. The summed E-state index contributed by atoms with van der Waals surface area (Å²) in [6, 6.07) is 1.74. The van der Waals surface area contributed by atoms with Crippen molar-refractivity contribution in [1.29, 1.82) is 0 Å². The molecule has 1 aromatic heterocycles. The van der Waals surface area contributed by atoms with E-state index < -0.39 is 0 Å². The van der Waals surface area contributed by atoms with Crippen LogP contribution in [0.2, 0.25) is 0 Å². The van der Waals surface area contributed by atoms with E-state index in [-0.39, 0.29) is 5.97 Å². The number of esters is 1. The normalized spacial score (nSPS) is 10.0. The number of carbonyl (C=O) groups excluding carboxylic acids is 2. The molecule has 1 rings (SSSR count). The standard InChI is InChI=1S/C10H12BrNO3/c1-15-10(14)3-2-4-12-6-8(11)5-9(12)7-13/h5-7H,2-4H2,1H3. The van der Waals surface area contributed by atoms with E-state index in [9.17, 15) is 9.59 Å². The minimum absolute atomic E-state index is 0.228. The number of aldehydes is 1. The van der Waals surface area contributed by atoms with Crippen molar-refractivity contribution in [3.05, 3.63) is 22.4 Å². The summed E-state index contributed by atoms with van der Waals surface area (Å²) in [5.74, 6) is -0.228. The molecule has 0 fully saturated rings. The monoisotopic (exact) mass is 273 g/mol. The van der Waals surface area contributed by atoms with Crippen molar-refractivity contribution >= 4 is 28.2 Å². The van der Waals surface area contributed by atoms with Crippen LogP contribution in [0.3, 0.4) is 0 Å². The highest BCUT2D eigenvalue weighted by Crippen LogP contribution is 2.14. The smallest absolute Gasteiger partial charge is 0.305 e. The number of methoxy groups -OCH3 is 1. The Hall–Kier alpha value is -1.10. The molecule has 0 saturated carbocycles. The molecule has 0 radical (unpaired) electrons. The highest BCUT2D eigenvalue weighted by Gasteiger charge is 2.04. The van der Waals surface area contributed by atoms with Gasteiger partial charge in [0.2, 0.25) is 0 Å². The van der Waals surface area contributed by atoms with Gasteiger partial charge in [0, 0.05) is 23.6 Å². The van der Waals surface area contributed by atoms with E-state index in [0.29, 0.717) is 25.1 Å². The molecule has 0 aliphatic rings. The largest absolute Gasteiger partial charge is 0.469 e. The van der Waals surface area contributed by atoms with E-state index in [1.165, 1.54) is 7.11 Å². The Kier molecular flexibility index (Phi) is 4.55. The zero-order valence-corrected chi connectivity index (χ0v) is 9.99. The van der Waals surface area contributed by atoms with E-state index >= 15 is 0 Å². The zero-order valence-electron chi connectivity index (χ0n) is 8.40. The van der Waals surface area contributed by atoms with Crippen LogP contribution < -0.4 is 0 Å². The first kappa shape index (κ1) is 12.0. The molecule has 0 saturated heterocycles. The Bertz CT molecular complexity index is 360. The molecule has 0 atom stereocenters. The lowest BCUT2D eigenvalue weighted by molar-refractivity contribution is -0.140. The summed E-state index contributed by atoms with van der Waals surface area (Å²) >= 11 is 3.29. The summed E-state index contributed by atoms with van der Waals surface area (Å²) < 4.78 is 7.19. The fraction of sp³-hybridized carbons (Fsp3) is 0.400. The molecule has 0 aliphatic heterocycles. The SMILES string of the molecule is COC(=O)CCCn1cc(Br)cc1C=O. The van der Waals surface area contributed by atoms with Crippen molar-refractivity contribution in [3.8, 4) is 0 Å². The molecule has 1 aromatic rings. The lowest BCUT2D eigenvalue weighted by Gasteiger charge is -2.03. The second-order valence-corrected chi connectivity index (χ2v) is 3.99. The van der Waals surface area contributed by atoms with Crippen molar-refractivity contribution in [2.45, 2.75) is 19.4 Å². The van der Waals surface area contributed by atoms with Gasteiger partial charge in [-0.2, -0.15) is 0 Å². The van der Waals surface area contributed by atoms with E-state index in [2.05, 4.69) is 20.7 Å². The number of hydrogen-bond donors (Lipinski definition) is 0. The highest BCUT2D eigenvalue weighted by molar-refractivity contribution is 9.10. The van der Waals surface area contributed by atoms with Gasteiger partial charge in [-0.3, -0.25) is 9.59 Å². The van der Waals surface area contributed by atoms with Gasteiger partial charge in [0.15, 0.2) is 6.29 Å². The predicted octanol–water partition coefficient (Wildman–Crippen LogP) is 2.02. The number of ether oxygens (including phenoxy) is 1. The van der Waals surface area contributed by atoms with Crippen LogP contribution in [0.4, 0.5) is 0 Å². The lowest BCUT2D eigenvalue weighted by Crippen LogP contribution is -2.05. The van der Waals surface area contributed by atoms with Crippen LogP contribution in [-0.4, -0.2) is 23.9 Å². The van der Waals surface area contributed by atoms with E-state index in [0.717, 1.165) is 10.8 Å². The maximum atomic E-state index is 10.9. The Balaban J connectivity index is 2.49. The fourth-order valence-electron chi connectivity index (χ4n) is 1.28. The van der Waals surface area contributed by atoms with Crippen LogP contribution in [0.25, 0.3) is 0 Å². The molecule has 15 heavy (non-hydrogen) atoms. The van der Waals surface area contributed by atoms with Gasteiger partial charge in [-0.15, -0.1) is 0 Å². The molecular formula is C10H12BrNO3. The van der Waals surface area contributed by atoms with E-state index in [1.54, 1.807) is 10.6 Å². The van der Waals surface area contributed by atoms with Crippen LogP contribution in [0, 0.1) is 0 Å². The molecule has 0 aromatic carbocycles. The van der Waals surface area contributed by atoms with Gasteiger partial charge in [0.05, 0.1) is 12.8 Å². The maximum Gasteiger partial charge on any atom is 0.305 e. The second kappa shape index (κ2) is 5.70. The summed E-state index contributed by atoms with van der Waals surface area (Å²) in [5.41, 5.74) is 0.603. The van der Waals surface area contributed by atoms with E-state index in [4.69, 9.17) is 0 Å². The van der Waals surface area contributed by atoms with Crippen molar-refractivity contribution in [2.75, 3.05) is 7.11 Å². The molecule has 0 N–H and O–H groups in total. The molecule has 82 valence electrons. The second-order valence-electron chi connectivity index (χ2n) is 3.07. The van der Waals surface area contributed by atoms with Gasteiger partial charge in [0.1, 0.15) is 0 Å². The summed E-state index contributed by atoms with van der Waals surface area (Å²) in [6.45, 7) is 0.634. The van der Waals surface area contributed by atoms with Crippen molar-refractivity contribution in [2.24, 2.45) is 0 Å². The number of aryl methyl sites for hydroxylation is 1. The fourth-order valence-corrected chi connectivity index (χ4v) is 1.76. The Morgan fingerprint density at radius 3 is 3.00 bits per heavy atom. The Morgan fingerprint density at radius 1 is 1.67 bits per heavy atom. The molecule has 0 unspecified atom stereocenters. The first-order chi connectivity index (χ1) is 7.17. The molecule has 0 aliphatic carbocycles. The third-order valence-corrected chi connectivity index (χ3v) is 2.46. The minimum atomic E-state index is -0.228. The van der Waals surface area contributed by atoms with Gasteiger partial charge in [-0.1, -0.05) is 0 Å². The molecule has 0 bridgehead atoms. The number of aromatic nitrogens is 1. The molecular weight excluding hydrogens is 262 g/mol. The molecule has 0 spiro atoms. The Morgan fingerprint density at radius 2 is 2.40 bits per heavy atom. The molecule has 4 nitrogen and oxygen atoms in total. The van der Waals surface area contributed by atoms with Gasteiger partial charge in [-0.25, -0.2) is 0 Å². The Labute approximate surface area is 96.3 Å². The van der Waals surface area contributed by atoms with Crippen molar-refractivity contribution in [3.63, 3.8) is 0 Å². The van der Waals surface area contributed by atoms with Crippen LogP contribution in [0.15, 0.2) is 16.7 Å². The molecule has 0 amide bonds. The van der Waals surface area contributed by atoms with Gasteiger partial charge in [0.25, 0.3) is 0 Å².